The monoisotopic (exact) mass is 264 g/mol. The fraction of sp³-hybridized carbons (Fsp3) is 0.385. The number of hydrogen-bond acceptors (Lipinski definition) is 3. The second-order valence-electron chi connectivity index (χ2n) is 4.54. The molecule has 0 saturated heterocycles. The smallest absolute Gasteiger partial charge is 0.147 e. The molecular formula is C13H17ClN4. The molecule has 1 atom stereocenters. The lowest BCUT2D eigenvalue weighted by Crippen LogP contribution is -2.32. The number of nitrogens with one attached hydrogen (secondary N) is 1. The Bertz CT molecular complexity index is 509. The van der Waals surface area contributed by atoms with Crippen molar-refractivity contribution in [1.29, 1.82) is 0 Å². The van der Waals surface area contributed by atoms with Crippen molar-refractivity contribution in [2.75, 3.05) is 6.54 Å². The van der Waals surface area contributed by atoms with Crippen LogP contribution in [0.3, 0.4) is 0 Å². The second-order valence-corrected chi connectivity index (χ2v) is 4.54. The zero-order valence-corrected chi connectivity index (χ0v) is 11.2. The van der Waals surface area contributed by atoms with Crippen LogP contribution in [0.2, 0.25) is 0 Å². The van der Waals surface area contributed by atoms with Gasteiger partial charge in [0.05, 0.1) is 6.54 Å². The Morgan fingerprint density at radius 1 is 1.28 bits per heavy atom. The van der Waals surface area contributed by atoms with E-state index in [0.717, 1.165) is 31.2 Å². The number of fused-ring (bicyclic) bond motifs is 1. The van der Waals surface area contributed by atoms with Crippen LogP contribution in [0.15, 0.2) is 30.3 Å². The summed E-state index contributed by atoms with van der Waals surface area (Å²) in [6, 6.07) is 10.9. The molecule has 0 radical (unpaired) electrons. The molecule has 96 valence electrons. The van der Waals surface area contributed by atoms with Crippen molar-refractivity contribution in [3.05, 3.63) is 47.5 Å². The molecule has 0 spiro atoms. The molecule has 0 aliphatic carbocycles. The highest BCUT2D eigenvalue weighted by molar-refractivity contribution is 5.85. The summed E-state index contributed by atoms with van der Waals surface area (Å²) < 4.78 is 2.27. The van der Waals surface area contributed by atoms with Gasteiger partial charge >= 0.3 is 0 Å². The molecular weight excluding hydrogens is 248 g/mol. The summed E-state index contributed by atoms with van der Waals surface area (Å²) in [4.78, 5) is 0. The highest BCUT2D eigenvalue weighted by Gasteiger charge is 2.20. The van der Waals surface area contributed by atoms with Crippen molar-refractivity contribution in [3.63, 3.8) is 0 Å². The van der Waals surface area contributed by atoms with E-state index in [1.54, 1.807) is 0 Å². The van der Waals surface area contributed by atoms with E-state index in [0.29, 0.717) is 6.04 Å². The average molecular weight is 265 g/mol. The minimum absolute atomic E-state index is 0. The van der Waals surface area contributed by atoms with Gasteiger partial charge in [-0.25, -0.2) is 0 Å². The van der Waals surface area contributed by atoms with Gasteiger partial charge in [0.25, 0.3) is 0 Å². The van der Waals surface area contributed by atoms with Crippen LogP contribution in [0.25, 0.3) is 0 Å². The van der Waals surface area contributed by atoms with E-state index >= 15 is 0 Å². The summed E-state index contributed by atoms with van der Waals surface area (Å²) in [5.74, 6) is 2.12. The van der Waals surface area contributed by atoms with Crippen molar-refractivity contribution in [2.24, 2.45) is 0 Å². The SMILES string of the molecule is C[C@H]1CNCc2nnc(Cc3ccccc3)n21.Cl. The number of aromatic nitrogens is 3. The molecule has 1 aromatic carbocycles. The van der Waals surface area contributed by atoms with Gasteiger partial charge in [-0.1, -0.05) is 30.3 Å². The maximum Gasteiger partial charge on any atom is 0.147 e. The summed E-state index contributed by atoms with van der Waals surface area (Å²) in [5.41, 5.74) is 1.29. The Kier molecular flexibility index (Phi) is 3.99. The van der Waals surface area contributed by atoms with E-state index in [1.807, 2.05) is 6.07 Å². The third-order valence-corrected chi connectivity index (χ3v) is 3.21. The molecule has 1 aromatic heterocycles. The van der Waals surface area contributed by atoms with Crippen LogP contribution in [-0.2, 0) is 13.0 Å². The predicted octanol–water partition coefficient (Wildman–Crippen LogP) is 1.95. The molecule has 1 aliphatic rings. The van der Waals surface area contributed by atoms with E-state index in [9.17, 15) is 0 Å². The lowest BCUT2D eigenvalue weighted by atomic mass is 10.1. The molecule has 4 nitrogen and oxygen atoms in total. The Labute approximate surface area is 113 Å². The quantitative estimate of drug-likeness (QED) is 0.902. The van der Waals surface area contributed by atoms with Crippen molar-refractivity contribution < 1.29 is 0 Å². The van der Waals surface area contributed by atoms with Gasteiger partial charge in [-0.05, 0) is 12.5 Å². The molecule has 2 heterocycles. The van der Waals surface area contributed by atoms with Crippen LogP contribution in [0.5, 0.6) is 0 Å². The van der Waals surface area contributed by atoms with Gasteiger partial charge in [0.15, 0.2) is 0 Å². The molecule has 0 fully saturated rings. The highest BCUT2D eigenvalue weighted by atomic mass is 35.5. The third kappa shape index (κ3) is 2.40. The first kappa shape index (κ1) is 13.1. The Hall–Kier alpha value is -1.39. The molecule has 0 bridgehead atoms. The average Bonchev–Trinajstić information content (AvgIpc) is 2.75. The maximum atomic E-state index is 4.32. The van der Waals surface area contributed by atoms with Gasteiger partial charge in [-0.2, -0.15) is 0 Å². The lowest BCUT2D eigenvalue weighted by Gasteiger charge is -2.23. The van der Waals surface area contributed by atoms with E-state index in [1.165, 1.54) is 5.56 Å². The number of benzene rings is 1. The van der Waals surface area contributed by atoms with Crippen molar-refractivity contribution >= 4 is 12.4 Å². The first-order valence-electron chi connectivity index (χ1n) is 6.02. The molecule has 1 N–H and O–H groups in total. The van der Waals surface area contributed by atoms with Gasteiger partial charge in [-0.15, -0.1) is 22.6 Å². The van der Waals surface area contributed by atoms with Gasteiger partial charge in [0.1, 0.15) is 11.6 Å². The first-order chi connectivity index (χ1) is 8.34. The molecule has 3 rings (SSSR count). The lowest BCUT2D eigenvalue weighted by molar-refractivity contribution is 0.413. The minimum Gasteiger partial charge on any atom is -0.309 e. The van der Waals surface area contributed by atoms with Crippen molar-refractivity contribution in [2.45, 2.75) is 25.9 Å². The standard InChI is InChI=1S/C13H16N4.ClH/c1-10-8-14-9-13-16-15-12(17(10)13)7-11-5-3-2-4-6-11;/h2-6,10,14H,7-9H2,1H3;1H/t10-;/m0./s1. The van der Waals surface area contributed by atoms with E-state index in [-0.39, 0.29) is 12.4 Å². The first-order valence-corrected chi connectivity index (χ1v) is 6.02. The van der Waals surface area contributed by atoms with E-state index in [2.05, 4.69) is 51.3 Å². The number of rotatable bonds is 2. The van der Waals surface area contributed by atoms with Gasteiger partial charge in [0, 0.05) is 19.0 Å². The zero-order chi connectivity index (χ0) is 11.7. The highest BCUT2D eigenvalue weighted by Crippen LogP contribution is 2.17. The second kappa shape index (κ2) is 5.50. The summed E-state index contributed by atoms with van der Waals surface area (Å²) in [6.07, 6.45) is 0.859. The molecule has 0 amide bonds. The molecule has 0 saturated carbocycles. The summed E-state index contributed by atoms with van der Waals surface area (Å²) >= 11 is 0. The Balaban J connectivity index is 0.00000120. The summed E-state index contributed by atoms with van der Waals surface area (Å²) in [6.45, 7) is 4.02. The van der Waals surface area contributed by atoms with Crippen LogP contribution in [-0.4, -0.2) is 21.3 Å². The molecule has 5 heteroatoms. The predicted molar refractivity (Wildman–Crippen MR) is 72.9 cm³/mol. The topological polar surface area (TPSA) is 42.7 Å². The van der Waals surface area contributed by atoms with Crippen molar-refractivity contribution in [1.82, 2.24) is 20.1 Å². The van der Waals surface area contributed by atoms with Gasteiger partial charge < -0.3 is 9.88 Å². The Morgan fingerprint density at radius 3 is 2.83 bits per heavy atom. The van der Waals surface area contributed by atoms with Crippen LogP contribution >= 0.6 is 12.4 Å². The fourth-order valence-electron chi connectivity index (χ4n) is 2.37. The van der Waals surface area contributed by atoms with Crippen molar-refractivity contribution in [3.8, 4) is 0 Å². The largest absolute Gasteiger partial charge is 0.309 e. The Morgan fingerprint density at radius 2 is 2.06 bits per heavy atom. The normalized spacial score (nSPS) is 17.9. The third-order valence-electron chi connectivity index (χ3n) is 3.21. The summed E-state index contributed by atoms with van der Waals surface area (Å²) in [7, 11) is 0. The van der Waals surface area contributed by atoms with Crippen LogP contribution in [0.4, 0.5) is 0 Å². The molecule has 0 unspecified atom stereocenters. The molecule has 18 heavy (non-hydrogen) atoms. The maximum absolute atomic E-state index is 4.32. The van der Waals surface area contributed by atoms with E-state index in [4.69, 9.17) is 0 Å². The van der Waals surface area contributed by atoms with Crippen LogP contribution < -0.4 is 5.32 Å². The number of hydrogen-bond donors (Lipinski definition) is 1. The summed E-state index contributed by atoms with van der Waals surface area (Å²) in [5, 5.41) is 11.9. The number of halogens is 1. The minimum atomic E-state index is 0. The molecule has 2 aromatic rings. The van der Waals surface area contributed by atoms with Crippen LogP contribution in [0, 0.1) is 0 Å². The number of nitrogens with zero attached hydrogens (tertiary/aromatic N) is 3. The molecule has 1 aliphatic heterocycles. The zero-order valence-electron chi connectivity index (χ0n) is 10.3. The van der Waals surface area contributed by atoms with Crippen LogP contribution in [0.1, 0.15) is 30.2 Å². The fourth-order valence-corrected chi connectivity index (χ4v) is 2.37. The van der Waals surface area contributed by atoms with E-state index < -0.39 is 0 Å². The van der Waals surface area contributed by atoms with Gasteiger partial charge in [0.2, 0.25) is 0 Å². The van der Waals surface area contributed by atoms with Gasteiger partial charge in [-0.3, -0.25) is 0 Å².